The molecule has 6 heteroatoms. The highest BCUT2D eigenvalue weighted by molar-refractivity contribution is 5.97. The van der Waals surface area contributed by atoms with Crippen molar-refractivity contribution in [2.24, 2.45) is 0 Å². The van der Waals surface area contributed by atoms with Crippen molar-refractivity contribution in [1.82, 2.24) is 14.9 Å². The van der Waals surface area contributed by atoms with Crippen molar-refractivity contribution < 1.29 is 4.74 Å². The average Bonchev–Trinajstić information content (AvgIpc) is 2.78. The lowest BCUT2D eigenvalue weighted by Crippen LogP contribution is -2.45. The first-order chi connectivity index (χ1) is 14.6. The second-order valence-corrected chi connectivity index (χ2v) is 8.37. The molecule has 2 aliphatic rings. The summed E-state index contributed by atoms with van der Waals surface area (Å²) >= 11 is 0. The van der Waals surface area contributed by atoms with Crippen molar-refractivity contribution in [3.05, 3.63) is 53.2 Å². The van der Waals surface area contributed by atoms with E-state index in [0.717, 1.165) is 57.2 Å². The van der Waals surface area contributed by atoms with Gasteiger partial charge in [-0.3, -0.25) is 0 Å². The molecule has 0 saturated carbocycles. The minimum Gasteiger partial charge on any atom is -0.467 e. The van der Waals surface area contributed by atoms with Crippen molar-refractivity contribution in [1.29, 1.82) is 0 Å². The molecular formula is C24H29N5O. The van der Waals surface area contributed by atoms with E-state index in [-0.39, 0.29) is 0 Å². The van der Waals surface area contributed by atoms with E-state index in [1.165, 1.54) is 27.6 Å². The smallest absolute Gasteiger partial charge is 0.318 e. The van der Waals surface area contributed by atoms with Crippen molar-refractivity contribution in [3.8, 4) is 6.01 Å². The fraction of sp³-hybridized carbons (Fsp3) is 0.417. The predicted octanol–water partition coefficient (Wildman–Crippen LogP) is 3.26. The van der Waals surface area contributed by atoms with E-state index in [4.69, 9.17) is 14.7 Å². The molecule has 6 nitrogen and oxygen atoms in total. The highest BCUT2D eigenvalue weighted by Crippen LogP contribution is 2.35. The molecule has 1 saturated heterocycles. The molecule has 3 aromatic rings. The van der Waals surface area contributed by atoms with Gasteiger partial charge in [-0.05, 0) is 37.4 Å². The molecule has 0 amide bonds. The van der Waals surface area contributed by atoms with E-state index in [9.17, 15) is 0 Å². The van der Waals surface area contributed by atoms with Gasteiger partial charge in [-0.25, -0.2) is 0 Å². The zero-order valence-electron chi connectivity index (χ0n) is 18.1. The van der Waals surface area contributed by atoms with E-state index in [2.05, 4.69) is 65.1 Å². The van der Waals surface area contributed by atoms with Gasteiger partial charge in [0.15, 0.2) is 0 Å². The second kappa shape index (κ2) is 7.76. The van der Waals surface area contributed by atoms with E-state index in [1.54, 1.807) is 7.11 Å². The van der Waals surface area contributed by atoms with Crippen LogP contribution in [0.15, 0.2) is 36.4 Å². The van der Waals surface area contributed by atoms with Gasteiger partial charge in [0.05, 0.1) is 19.3 Å². The first-order valence-corrected chi connectivity index (χ1v) is 10.7. The third-order valence-corrected chi connectivity index (χ3v) is 6.44. The van der Waals surface area contributed by atoms with Crippen molar-refractivity contribution >= 4 is 22.3 Å². The Morgan fingerprint density at radius 3 is 2.43 bits per heavy atom. The Morgan fingerprint density at radius 2 is 1.67 bits per heavy atom. The van der Waals surface area contributed by atoms with Gasteiger partial charge in [-0.2, -0.15) is 9.97 Å². The number of methoxy groups -OCH3 is 1. The Balaban J connectivity index is 1.52. The van der Waals surface area contributed by atoms with Crippen LogP contribution >= 0.6 is 0 Å². The van der Waals surface area contributed by atoms with Crippen LogP contribution in [0.2, 0.25) is 0 Å². The summed E-state index contributed by atoms with van der Waals surface area (Å²) in [6.45, 7) is 8.05. The zero-order valence-corrected chi connectivity index (χ0v) is 18.1. The number of aryl methyl sites for hydroxylation is 1. The molecule has 1 aromatic heterocycles. The normalized spacial score (nSPS) is 17.3. The van der Waals surface area contributed by atoms with Crippen LogP contribution in [-0.4, -0.2) is 61.7 Å². The number of nitrogens with zero attached hydrogens (tertiary/aromatic N) is 5. The van der Waals surface area contributed by atoms with Gasteiger partial charge in [0.2, 0.25) is 0 Å². The molecule has 2 aromatic carbocycles. The first kappa shape index (κ1) is 19.1. The Morgan fingerprint density at radius 1 is 0.900 bits per heavy atom. The number of benzene rings is 2. The van der Waals surface area contributed by atoms with E-state index in [0.29, 0.717) is 6.01 Å². The fourth-order valence-corrected chi connectivity index (χ4v) is 4.73. The van der Waals surface area contributed by atoms with Crippen LogP contribution in [0.1, 0.15) is 16.8 Å². The molecular weight excluding hydrogens is 374 g/mol. The number of rotatable bonds is 3. The maximum absolute atomic E-state index is 5.49. The highest BCUT2D eigenvalue weighted by Gasteiger charge is 2.27. The molecule has 30 heavy (non-hydrogen) atoms. The lowest BCUT2D eigenvalue weighted by molar-refractivity contribution is 0.310. The quantitative estimate of drug-likeness (QED) is 0.669. The second-order valence-electron chi connectivity index (χ2n) is 8.37. The number of aromatic nitrogens is 2. The number of ether oxygens (including phenoxy) is 1. The van der Waals surface area contributed by atoms with Gasteiger partial charge in [-0.15, -0.1) is 0 Å². The van der Waals surface area contributed by atoms with Crippen molar-refractivity contribution in [2.45, 2.75) is 19.9 Å². The van der Waals surface area contributed by atoms with Crippen molar-refractivity contribution in [3.63, 3.8) is 0 Å². The number of likely N-dealkylation sites (N-methyl/N-ethyl adjacent to an activating group) is 1. The number of hydrogen-bond donors (Lipinski definition) is 0. The van der Waals surface area contributed by atoms with E-state index < -0.39 is 0 Å². The number of anilines is 2. The van der Waals surface area contributed by atoms with Crippen LogP contribution < -0.4 is 14.5 Å². The summed E-state index contributed by atoms with van der Waals surface area (Å²) in [6, 6.07) is 13.6. The Bertz CT molecular complexity index is 1070. The minimum absolute atomic E-state index is 0.471. The number of piperazine rings is 1. The summed E-state index contributed by atoms with van der Waals surface area (Å²) in [5.74, 6) is 1.07. The maximum Gasteiger partial charge on any atom is 0.318 e. The molecule has 1 fully saturated rings. The SMILES string of the molecule is COc1nc2c(c(N3CCN(C)CC3)n1)CCN(c1cccc3cccc(C)c13)C2. The van der Waals surface area contributed by atoms with Gasteiger partial charge in [0.1, 0.15) is 5.82 Å². The molecule has 0 radical (unpaired) electrons. The predicted molar refractivity (Wildman–Crippen MR) is 122 cm³/mol. The lowest BCUT2D eigenvalue weighted by atomic mass is 9.99. The summed E-state index contributed by atoms with van der Waals surface area (Å²) in [5, 5.41) is 2.63. The number of fused-ring (bicyclic) bond motifs is 2. The Hall–Kier alpha value is -2.86. The van der Waals surface area contributed by atoms with Crippen LogP contribution in [0.25, 0.3) is 10.8 Å². The lowest BCUT2D eigenvalue weighted by Gasteiger charge is -2.37. The van der Waals surface area contributed by atoms with Crippen molar-refractivity contribution in [2.75, 3.05) is 56.7 Å². The molecule has 5 rings (SSSR count). The van der Waals surface area contributed by atoms with Crippen LogP contribution in [0.5, 0.6) is 6.01 Å². The maximum atomic E-state index is 5.49. The molecule has 0 N–H and O–H groups in total. The van der Waals surface area contributed by atoms with E-state index in [1.807, 2.05) is 0 Å². The fourth-order valence-electron chi connectivity index (χ4n) is 4.73. The molecule has 0 unspecified atom stereocenters. The summed E-state index contributed by atoms with van der Waals surface area (Å²) in [7, 11) is 3.83. The molecule has 2 aliphatic heterocycles. The largest absolute Gasteiger partial charge is 0.467 e. The van der Waals surface area contributed by atoms with E-state index >= 15 is 0 Å². The van der Waals surface area contributed by atoms with Gasteiger partial charge < -0.3 is 19.4 Å². The molecule has 156 valence electrons. The molecule has 0 bridgehead atoms. The van der Waals surface area contributed by atoms with Gasteiger partial charge >= 0.3 is 6.01 Å². The third kappa shape index (κ3) is 3.35. The molecule has 0 aliphatic carbocycles. The summed E-state index contributed by atoms with van der Waals surface area (Å²) < 4.78 is 5.49. The van der Waals surface area contributed by atoms with Gasteiger partial charge in [-0.1, -0.05) is 30.3 Å². The summed E-state index contributed by atoms with van der Waals surface area (Å²) in [5.41, 5.74) is 4.98. The van der Waals surface area contributed by atoms with Gasteiger partial charge in [0, 0.05) is 49.4 Å². The van der Waals surface area contributed by atoms with Crippen LogP contribution in [0, 0.1) is 6.92 Å². The monoisotopic (exact) mass is 403 g/mol. The number of hydrogen-bond acceptors (Lipinski definition) is 6. The zero-order chi connectivity index (χ0) is 20.7. The Labute approximate surface area is 178 Å². The van der Waals surface area contributed by atoms with Gasteiger partial charge in [0.25, 0.3) is 0 Å². The first-order valence-electron chi connectivity index (χ1n) is 10.7. The molecule has 0 spiro atoms. The topological polar surface area (TPSA) is 44.7 Å². The molecule has 0 atom stereocenters. The Kier molecular flexibility index (Phi) is 4.95. The third-order valence-electron chi connectivity index (χ3n) is 6.44. The highest BCUT2D eigenvalue weighted by atomic mass is 16.5. The summed E-state index contributed by atoms with van der Waals surface area (Å²) in [4.78, 5) is 16.8. The minimum atomic E-state index is 0.471. The standard InChI is InChI=1S/C24H29N5O/c1-17-6-4-7-18-8-5-9-21(22(17)18)29-11-10-19-20(16-29)25-24(30-3)26-23(19)28-14-12-27(2)13-15-28/h4-9H,10-16H2,1-3H3. The van der Waals surface area contributed by atoms with Crippen LogP contribution in [0.3, 0.4) is 0 Å². The summed E-state index contributed by atoms with van der Waals surface area (Å²) in [6.07, 6.45) is 0.948. The van der Waals surface area contributed by atoms with Crippen LogP contribution in [0.4, 0.5) is 11.5 Å². The molecule has 3 heterocycles. The van der Waals surface area contributed by atoms with Crippen LogP contribution in [-0.2, 0) is 13.0 Å². The average molecular weight is 404 g/mol.